The Morgan fingerprint density at radius 3 is 2.44 bits per heavy atom. The highest BCUT2D eigenvalue weighted by Crippen LogP contribution is 2.22. The third-order valence-corrected chi connectivity index (χ3v) is 4.37. The van der Waals surface area contributed by atoms with Crippen molar-refractivity contribution in [2.24, 2.45) is 0 Å². The summed E-state index contributed by atoms with van der Waals surface area (Å²) in [5, 5.41) is 1.24. The van der Waals surface area contributed by atoms with Crippen LogP contribution in [-0.4, -0.2) is 9.55 Å². The quantitative estimate of drug-likeness (QED) is 0.542. The van der Waals surface area contributed by atoms with E-state index in [0.29, 0.717) is 22.7 Å². The average molecular weight is 347 g/mol. The van der Waals surface area contributed by atoms with Crippen molar-refractivity contribution < 1.29 is 0 Å². The Balaban J connectivity index is 2.01. The summed E-state index contributed by atoms with van der Waals surface area (Å²) in [5.74, 6) is 0.692. The van der Waals surface area contributed by atoms with Crippen LogP contribution in [0.5, 0.6) is 0 Å². The van der Waals surface area contributed by atoms with E-state index in [1.54, 1.807) is 6.07 Å². The second-order valence-corrected chi connectivity index (χ2v) is 6.26. The molecule has 122 valence electrons. The Kier molecular flexibility index (Phi) is 4.08. The Morgan fingerprint density at radius 2 is 1.64 bits per heavy atom. The van der Waals surface area contributed by atoms with E-state index in [4.69, 9.17) is 11.6 Å². The van der Waals surface area contributed by atoms with E-state index in [1.807, 2.05) is 77.4 Å². The van der Waals surface area contributed by atoms with Gasteiger partial charge in [-0.3, -0.25) is 9.36 Å². The van der Waals surface area contributed by atoms with E-state index in [9.17, 15) is 4.79 Å². The molecular weight excluding hydrogens is 332 g/mol. The first-order chi connectivity index (χ1) is 12.2. The summed E-state index contributed by atoms with van der Waals surface area (Å²) >= 11 is 6.19. The van der Waals surface area contributed by atoms with Crippen LogP contribution in [0.3, 0.4) is 0 Å². The molecule has 0 saturated carbocycles. The first-order valence-electron chi connectivity index (χ1n) is 8.03. The zero-order valence-corrected chi connectivity index (χ0v) is 14.1. The molecule has 0 amide bonds. The molecule has 4 rings (SSSR count). The summed E-state index contributed by atoms with van der Waals surface area (Å²) in [7, 11) is 0. The van der Waals surface area contributed by atoms with Gasteiger partial charge in [-0.05, 0) is 35.9 Å². The number of para-hydroxylation sites is 1. The maximum Gasteiger partial charge on any atom is 0.280 e. The second kappa shape index (κ2) is 6.54. The largest absolute Gasteiger partial charge is 0.297 e. The van der Waals surface area contributed by atoms with Gasteiger partial charge in [0.2, 0.25) is 0 Å². The molecule has 1 aromatic heterocycles. The fraction of sp³-hybridized carbons (Fsp3) is 0.0476. The number of rotatable bonds is 3. The minimum absolute atomic E-state index is 0.209. The lowest BCUT2D eigenvalue weighted by atomic mass is 10.1. The van der Waals surface area contributed by atoms with Crippen molar-refractivity contribution in [2.45, 2.75) is 6.42 Å². The van der Waals surface area contributed by atoms with Crippen molar-refractivity contribution in [1.82, 2.24) is 9.55 Å². The van der Waals surface area contributed by atoms with E-state index in [1.165, 1.54) is 0 Å². The summed E-state index contributed by atoms with van der Waals surface area (Å²) in [4.78, 5) is 16.9. The number of aromatic nitrogens is 2. The van der Waals surface area contributed by atoms with Crippen LogP contribution in [0.1, 0.15) is 11.4 Å². The van der Waals surface area contributed by atoms with Crippen LogP contribution >= 0.6 is 11.6 Å². The predicted octanol–water partition coefficient (Wildman–Crippen LogP) is 4.63. The number of hydrogen-bond acceptors (Lipinski definition) is 2. The molecule has 3 nitrogen and oxygen atoms in total. The molecule has 25 heavy (non-hydrogen) atoms. The van der Waals surface area contributed by atoms with Gasteiger partial charge in [-0.15, -0.1) is 0 Å². The van der Waals surface area contributed by atoms with Crippen LogP contribution < -0.4 is 5.56 Å². The fourth-order valence-electron chi connectivity index (χ4n) is 3.02. The van der Waals surface area contributed by atoms with Gasteiger partial charge in [0.15, 0.2) is 0 Å². The van der Waals surface area contributed by atoms with Gasteiger partial charge in [0.25, 0.3) is 5.56 Å². The summed E-state index contributed by atoms with van der Waals surface area (Å²) in [5.41, 5.74) is 2.61. The first kappa shape index (κ1) is 15.6. The summed E-state index contributed by atoms with van der Waals surface area (Å²) in [6.45, 7) is 0. The van der Waals surface area contributed by atoms with Crippen LogP contribution in [0.4, 0.5) is 0 Å². The van der Waals surface area contributed by atoms with Gasteiger partial charge < -0.3 is 0 Å². The van der Waals surface area contributed by atoms with Crippen LogP contribution in [-0.2, 0) is 6.42 Å². The lowest BCUT2D eigenvalue weighted by molar-refractivity contribution is 0.878. The molecular formula is C21H15ClN2O. The van der Waals surface area contributed by atoms with Crippen molar-refractivity contribution in [3.63, 3.8) is 0 Å². The standard InChI is InChI=1S/C21H15ClN2O/c22-16-9-6-10-17(14-16)24-19-12-5-4-11-18(19)21(25)23-20(24)13-15-7-2-1-3-8-15/h1-12,14H,13H2. The van der Waals surface area contributed by atoms with Gasteiger partial charge in [-0.2, -0.15) is 4.98 Å². The lowest BCUT2D eigenvalue weighted by Crippen LogP contribution is -2.18. The molecule has 0 atom stereocenters. The predicted molar refractivity (Wildman–Crippen MR) is 102 cm³/mol. The van der Waals surface area contributed by atoms with E-state index >= 15 is 0 Å². The minimum atomic E-state index is -0.209. The number of benzene rings is 3. The molecule has 0 fully saturated rings. The molecule has 0 aliphatic heterocycles. The normalized spacial score (nSPS) is 10.9. The first-order valence-corrected chi connectivity index (χ1v) is 8.41. The highest BCUT2D eigenvalue weighted by Gasteiger charge is 2.13. The van der Waals surface area contributed by atoms with Crippen LogP contribution in [0, 0.1) is 0 Å². The summed E-state index contributed by atoms with van der Waals surface area (Å²) in [6.07, 6.45) is 0.563. The Morgan fingerprint density at radius 1 is 0.880 bits per heavy atom. The number of nitrogens with zero attached hydrogens (tertiary/aromatic N) is 2. The van der Waals surface area contributed by atoms with E-state index < -0.39 is 0 Å². The third-order valence-electron chi connectivity index (χ3n) is 4.14. The molecule has 0 aliphatic rings. The molecule has 4 heteroatoms. The highest BCUT2D eigenvalue weighted by molar-refractivity contribution is 6.30. The van der Waals surface area contributed by atoms with Gasteiger partial charge in [0, 0.05) is 17.1 Å². The van der Waals surface area contributed by atoms with Crippen molar-refractivity contribution >= 4 is 22.5 Å². The lowest BCUT2D eigenvalue weighted by Gasteiger charge is -2.16. The van der Waals surface area contributed by atoms with Crippen LogP contribution in [0.15, 0.2) is 83.7 Å². The molecule has 0 N–H and O–H groups in total. The minimum Gasteiger partial charge on any atom is -0.297 e. The number of hydrogen-bond donors (Lipinski definition) is 0. The Bertz CT molecular complexity index is 1100. The topological polar surface area (TPSA) is 34.9 Å². The maximum atomic E-state index is 12.5. The SMILES string of the molecule is O=c1nc(Cc2ccccc2)n(-c2cccc(Cl)c2)c2ccccc12. The fourth-order valence-corrected chi connectivity index (χ4v) is 3.20. The highest BCUT2D eigenvalue weighted by atomic mass is 35.5. The van der Waals surface area contributed by atoms with Crippen molar-refractivity contribution in [1.29, 1.82) is 0 Å². The molecule has 0 radical (unpaired) electrons. The van der Waals surface area contributed by atoms with Gasteiger partial charge >= 0.3 is 0 Å². The smallest absolute Gasteiger partial charge is 0.280 e. The van der Waals surface area contributed by atoms with Crippen molar-refractivity contribution in [3.8, 4) is 5.69 Å². The van der Waals surface area contributed by atoms with Gasteiger partial charge in [-0.25, -0.2) is 0 Å². The number of fused-ring (bicyclic) bond motifs is 1. The van der Waals surface area contributed by atoms with Crippen molar-refractivity contribution in [3.05, 3.63) is 106 Å². The molecule has 0 spiro atoms. The molecule has 0 aliphatic carbocycles. The monoisotopic (exact) mass is 346 g/mol. The maximum absolute atomic E-state index is 12.5. The molecule has 0 saturated heterocycles. The van der Waals surface area contributed by atoms with E-state index in [2.05, 4.69) is 4.98 Å². The van der Waals surface area contributed by atoms with Gasteiger partial charge in [-0.1, -0.05) is 60.1 Å². The second-order valence-electron chi connectivity index (χ2n) is 5.83. The molecule has 1 heterocycles. The van der Waals surface area contributed by atoms with E-state index in [0.717, 1.165) is 16.8 Å². The summed E-state index contributed by atoms with van der Waals surface area (Å²) in [6, 6.07) is 25.1. The Labute approximate surface area is 150 Å². The zero-order chi connectivity index (χ0) is 17.2. The molecule has 3 aromatic carbocycles. The van der Waals surface area contributed by atoms with Crippen molar-refractivity contribution in [2.75, 3.05) is 0 Å². The van der Waals surface area contributed by atoms with Crippen LogP contribution in [0.25, 0.3) is 16.6 Å². The summed E-state index contributed by atoms with van der Waals surface area (Å²) < 4.78 is 2.01. The number of halogens is 1. The molecule has 0 unspecified atom stereocenters. The third kappa shape index (κ3) is 3.06. The zero-order valence-electron chi connectivity index (χ0n) is 13.4. The Hall–Kier alpha value is -2.91. The van der Waals surface area contributed by atoms with E-state index in [-0.39, 0.29) is 5.56 Å². The van der Waals surface area contributed by atoms with Crippen LogP contribution in [0.2, 0.25) is 5.02 Å². The van der Waals surface area contributed by atoms with Gasteiger partial charge in [0.05, 0.1) is 10.9 Å². The average Bonchev–Trinajstić information content (AvgIpc) is 2.63. The molecule has 0 bridgehead atoms. The molecule has 4 aromatic rings. The van der Waals surface area contributed by atoms with Gasteiger partial charge in [0.1, 0.15) is 5.82 Å².